The number of thioether (sulfide) groups is 1. The van der Waals surface area contributed by atoms with E-state index < -0.39 is 0 Å². The summed E-state index contributed by atoms with van der Waals surface area (Å²) < 4.78 is 0. The summed E-state index contributed by atoms with van der Waals surface area (Å²) in [7, 11) is 0. The summed E-state index contributed by atoms with van der Waals surface area (Å²) in [5.41, 5.74) is 2.61. The summed E-state index contributed by atoms with van der Waals surface area (Å²) in [4.78, 5) is 4.06. The first-order valence-corrected chi connectivity index (χ1v) is 5.83. The summed E-state index contributed by atoms with van der Waals surface area (Å²) in [6, 6.07) is 2.07. The molecule has 0 atom stereocenters. The SMILES string of the molecule is CSCCNCc1ccncc1C. The van der Waals surface area contributed by atoms with Crippen molar-refractivity contribution in [2.75, 3.05) is 18.6 Å². The lowest BCUT2D eigenvalue weighted by Gasteiger charge is -2.05. The van der Waals surface area contributed by atoms with Crippen molar-refractivity contribution in [3.05, 3.63) is 29.6 Å². The average molecular weight is 196 g/mol. The van der Waals surface area contributed by atoms with Gasteiger partial charge in [0.25, 0.3) is 0 Å². The van der Waals surface area contributed by atoms with Gasteiger partial charge in [0.05, 0.1) is 0 Å². The zero-order valence-electron chi connectivity index (χ0n) is 8.21. The molecule has 1 aromatic rings. The molecule has 0 spiro atoms. The quantitative estimate of drug-likeness (QED) is 0.727. The van der Waals surface area contributed by atoms with Gasteiger partial charge in [0.2, 0.25) is 0 Å². The van der Waals surface area contributed by atoms with Crippen molar-refractivity contribution >= 4 is 11.8 Å². The van der Waals surface area contributed by atoms with Crippen LogP contribution in [0.5, 0.6) is 0 Å². The van der Waals surface area contributed by atoms with Gasteiger partial charge in [0.15, 0.2) is 0 Å². The Balaban J connectivity index is 2.32. The molecule has 1 heterocycles. The molecule has 13 heavy (non-hydrogen) atoms. The van der Waals surface area contributed by atoms with Gasteiger partial charge in [-0.2, -0.15) is 11.8 Å². The van der Waals surface area contributed by atoms with Crippen molar-refractivity contribution in [2.24, 2.45) is 0 Å². The molecule has 0 aliphatic carbocycles. The van der Waals surface area contributed by atoms with Crippen molar-refractivity contribution in [2.45, 2.75) is 13.5 Å². The lowest BCUT2D eigenvalue weighted by Crippen LogP contribution is -2.17. The van der Waals surface area contributed by atoms with Crippen LogP contribution in [-0.4, -0.2) is 23.5 Å². The molecule has 0 aliphatic rings. The maximum Gasteiger partial charge on any atom is 0.0300 e. The van der Waals surface area contributed by atoms with Crippen LogP contribution in [0.25, 0.3) is 0 Å². The van der Waals surface area contributed by atoms with Gasteiger partial charge >= 0.3 is 0 Å². The minimum Gasteiger partial charge on any atom is -0.312 e. The third kappa shape index (κ3) is 3.79. The zero-order chi connectivity index (χ0) is 9.52. The summed E-state index contributed by atoms with van der Waals surface area (Å²) >= 11 is 1.87. The number of rotatable bonds is 5. The van der Waals surface area contributed by atoms with E-state index in [1.165, 1.54) is 16.9 Å². The molecule has 2 nitrogen and oxygen atoms in total. The van der Waals surface area contributed by atoms with Gasteiger partial charge in [-0.3, -0.25) is 4.98 Å². The van der Waals surface area contributed by atoms with Gasteiger partial charge in [0.1, 0.15) is 0 Å². The number of nitrogens with one attached hydrogen (secondary N) is 1. The van der Waals surface area contributed by atoms with Crippen molar-refractivity contribution in [3.63, 3.8) is 0 Å². The highest BCUT2D eigenvalue weighted by atomic mass is 32.2. The number of nitrogens with zero attached hydrogens (tertiary/aromatic N) is 1. The molecule has 1 aromatic heterocycles. The lowest BCUT2D eigenvalue weighted by molar-refractivity contribution is 0.728. The Morgan fingerprint density at radius 1 is 1.54 bits per heavy atom. The number of hydrogen-bond donors (Lipinski definition) is 1. The second-order valence-corrected chi connectivity index (χ2v) is 3.96. The summed E-state index contributed by atoms with van der Waals surface area (Å²) in [6.07, 6.45) is 5.88. The molecule has 1 N–H and O–H groups in total. The molecule has 0 saturated heterocycles. The predicted molar refractivity (Wildman–Crippen MR) is 59.1 cm³/mol. The fourth-order valence-corrected chi connectivity index (χ4v) is 1.45. The topological polar surface area (TPSA) is 24.9 Å². The molecule has 1 rings (SSSR count). The van der Waals surface area contributed by atoms with Gasteiger partial charge in [-0.25, -0.2) is 0 Å². The van der Waals surface area contributed by atoms with E-state index in [0.29, 0.717) is 0 Å². The average Bonchev–Trinajstić information content (AvgIpc) is 2.15. The first-order chi connectivity index (χ1) is 6.34. The first kappa shape index (κ1) is 10.5. The molecule has 0 radical (unpaired) electrons. The number of hydrogen-bond acceptors (Lipinski definition) is 3. The van der Waals surface area contributed by atoms with E-state index in [4.69, 9.17) is 0 Å². The van der Waals surface area contributed by atoms with Gasteiger partial charge in [-0.15, -0.1) is 0 Å². The van der Waals surface area contributed by atoms with E-state index in [2.05, 4.69) is 29.5 Å². The maximum atomic E-state index is 4.06. The molecule has 0 fully saturated rings. The second kappa shape index (κ2) is 6.00. The van der Waals surface area contributed by atoms with Crippen LogP contribution in [0.15, 0.2) is 18.5 Å². The first-order valence-electron chi connectivity index (χ1n) is 4.43. The van der Waals surface area contributed by atoms with Crippen LogP contribution < -0.4 is 5.32 Å². The van der Waals surface area contributed by atoms with E-state index in [1.807, 2.05) is 24.2 Å². The van der Waals surface area contributed by atoms with E-state index in [9.17, 15) is 0 Å². The monoisotopic (exact) mass is 196 g/mol. The Kier molecular flexibility index (Phi) is 4.86. The van der Waals surface area contributed by atoms with Crippen LogP contribution in [-0.2, 0) is 6.54 Å². The summed E-state index contributed by atoms with van der Waals surface area (Å²) in [6.45, 7) is 4.12. The van der Waals surface area contributed by atoms with Crippen LogP contribution in [0.4, 0.5) is 0 Å². The largest absolute Gasteiger partial charge is 0.312 e. The fraction of sp³-hybridized carbons (Fsp3) is 0.500. The summed E-state index contributed by atoms with van der Waals surface area (Å²) in [5.74, 6) is 1.17. The van der Waals surface area contributed by atoms with Crippen LogP contribution in [0.3, 0.4) is 0 Å². The molecule has 0 unspecified atom stereocenters. The third-order valence-electron chi connectivity index (χ3n) is 1.93. The Morgan fingerprint density at radius 2 is 2.38 bits per heavy atom. The standard InChI is InChI=1S/C10H16N2S/c1-9-7-11-4-3-10(9)8-12-5-6-13-2/h3-4,7,12H,5-6,8H2,1-2H3. The van der Waals surface area contributed by atoms with Crippen LogP contribution in [0.2, 0.25) is 0 Å². The van der Waals surface area contributed by atoms with E-state index in [-0.39, 0.29) is 0 Å². The van der Waals surface area contributed by atoms with Crippen LogP contribution >= 0.6 is 11.8 Å². The van der Waals surface area contributed by atoms with Crippen molar-refractivity contribution < 1.29 is 0 Å². The zero-order valence-corrected chi connectivity index (χ0v) is 9.03. The molecular formula is C10H16N2S. The highest BCUT2D eigenvalue weighted by Gasteiger charge is 1.95. The number of aromatic nitrogens is 1. The number of aryl methyl sites for hydroxylation is 1. The second-order valence-electron chi connectivity index (χ2n) is 2.97. The minimum atomic E-state index is 0.953. The smallest absolute Gasteiger partial charge is 0.0300 e. The molecule has 0 bridgehead atoms. The summed E-state index contributed by atoms with van der Waals surface area (Å²) in [5, 5.41) is 3.39. The van der Waals surface area contributed by atoms with Crippen molar-refractivity contribution in [1.29, 1.82) is 0 Å². The Bertz CT molecular complexity index is 250. The Morgan fingerprint density at radius 3 is 3.08 bits per heavy atom. The fourth-order valence-electron chi connectivity index (χ4n) is 1.10. The third-order valence-corrected chi connectivity index (χ3v) is 2.55. The maximum absolute atomic E-state index is 4.06. The van der Waals surface area contributed by atoms with E-state index >= 15 is 0 Å². The van der Waals surface area contributed by atoms with Gasteiger partial charge in [-0.05, 0) is 30.4 Å². The number of pyridine rings is 1. The highest BCUT2D eigenvalue weighted by Crippen LogP contribution is 2.03. The molecule has 3 heteroatoms. The molecule has 72 valence electrons. The van der Waals surface area contributed by atoms with E-state index in [1.54, 1.807) is 0 Å². The predicted octanol–water partition coefficient (Wildman–Crippen LogP) is 1.84. The highest BCUT2D eigenvalue weighted by molar-refractivity contribution is 7.98. The van der Waals surface area contributed by atoms with Gasteiger partial charge in [0, 0.05) is 31.2 Å². The molecule has 0 aliphatic heterocycles. The minimum absolute atomic E-state index is 0.953. The Labute approximate surface area is 84.1 Å². The normalized spacial score (nSPS) is 10.3. The van der Waals surface area contributed by atoms with Crippen molar-refractivity contribution in [1.82, 2.24) is 10.3 Å². The molecule has 0 saturated carbocycles. The van der Waals surface area contributed by atoms with Crippen molar-refractivity contribution in [3.8, 4) is 0 Å². The van der Waals surface area contributed by atoms with E-state index in [0.717, 1.165) is 13.1 Å². The molecular weight excluding hydrogens is 180 g/mol. The molecule has 0 amide bonds. The Hall–Kier alpha value is -0.540. The van der Waals surface area contributed by atoms with Gasteiger partial charge in [-0.1, -0.05) is 0 Å². The van der Waals surface area contributed by atoms with Gasteiger partial charge < -0.3 is 5.32 Å². The van der Waals surface area contributed by atoms with Crippen LogP contribution in [0, 0.1) is 6.92 Å². The van der Waals surface area contributed by atoms with Crippen LogP contribution in [0.1, 0.15) is 11.1 Å². The lowest BCUT2D eigenvalue weighted by atomic mass is 10.1. The molecule has 0 aromatic carbocycles.